The fourth-order valence-electron chi connectivity index (χ4n) is 2.80. The number of carbonyl (C=O) groups is 1. The normalized spacial score (nSPS) is 15.1. The van der Waals surface area contributed by atoms with Crippen molar-refractivity contribution in [2.75, 3.05) is 11.9 Å². The van der Waals surface area contributed by atoms with Crippen molar-refractivity contribution < 1.29 is 19.2 Å². The highest BCUT2D eigenvalue weighted by Crippen LogP contribution is 2.38. The molecule has 0 aliphatic carbocycles. The predicted octanol–water partition coefficient (Wildman–Crippen LogP) is 4.33. The number of fused-ring (bicyclic) bond motifs is 1. The molecule has 0 bridgehead atoms. The van der Waals surface area contributed by atoms with Crippen molar-refractivity contribution in [3.05, 3.63) is 56.0 Å². The van der Waals surface area contributed by atoms with E-state index >= 15 is 0 Å². The summed E-state index contributed by atoms with van der Waals surface area (Å²) in [5.74, 6) is 0.787. The van der Waals surface area contributed by atoms with E-state index in [4.69, 9.17) is 9.47 Å². The molecule has 1 amide bonds. The van der Waals surface area contributed by atoms with Gasteiger partial charge in [-0.15, -0.1) is 0 Å². The Morgan fingerprint density at radius 2 is 2.19 bits per heavy atom. The lowest BCUT2D eigenvalue weighted by Crippen LogP contribution is -2.13. The zero-order valence-electron chi connectivity index (χ0n) is 14.2. The summed E-state index contributed by atoms with van der Waals surface area (Å²) in [7, 11) is 0. The molecule has 7 nitrogen and oxygen atoms in total. The van der Waals surface area contributed by atoms with Crippen molar-refractivity contribution in [2.45, 2.75) is 26.4 Å². The molecule has 1 heterocycles. The smallest absolute Gasteiger partial charge is 0.284 e. The number of benzene rings is 2. The molecule has 2 aromatic carbocycles. The molecule has 3 rings (SSSR count). The maximum Gasteiger partial charge on any atom is 0.284 e. The molecule has 0 spiro atoms. The third-order valence-corrected chi connectivity index (χ3v) is 4.62. The molecule has 136 valence electrons. The molecule has 8 heteroatoms. The van der Waals surface area contributed by atoms with Crippen molar-refractivity contribution in [1.29, 1.82) is 0 Å². The van der Waals surface area contributed by atoms with Gasteiger partial charge in [0.2, 0.25) is 0 Å². The topological polar surface area (TPSA) is 90.7 Å². The molecular formula is C18H17BrN2O5. The summed E-state index contributed by atoms with van der Waals surface area (Å²) in [5, 5.41) is 13.8. The first-order valence-corrected chi connectivity index (χ1v) is 8.90. The molecule has 0 saturated carbocycles. The highest BCUT2D eigenvalue weighted by Gasteiger charge is 2.23. The number of hydrogen-bond acceptors (Lipinski definition) is 5. The molecule has 26 heavy (non-hydrogen) atoms. The van der Waals surface area contributed by atoms with E-state index < -0.39 is 10.8 Å². The van der Waals surface area contributed by atoms with Crippen molar-refractivity contribution in [3.8, 4) is 11.5 Å². The van der Waals surface area contributed by atoms with Crippen LogP contribution in [0.5, 0.6) is 11.5 Å². The van der Waals surface area contributed by atoms with E-state index in [2.05, 4.69) is 21.2 Å². The van der Waals surface area contributed by atoms with Crippen molar-refractivity contribution in [1.82, 2.24) is 0 Å². The Kier molecular flexibility index (Phi) is 5.13. The van der Waals surface area contributed by atoms with Gasteiger partial charge < -0.3 is 14.8 Å². The average Bonchev–Trinajstić information content (AvgIpc) is 2.94. The summed E-state index contributed by atoms with van der Waals surface area (Å²) < 4.78 is 11.7. The summed E-state index contributed by atoms with van der Waals surface area (Å²) >= 11 is 3.11. The highest BCUT2D eigenvalue weighted by molar-refractivity contribution is 9.10. The number of rotatable bonds is 5. The molecule has 0 radical (unpaired) electrons. The van der Waals surface area contributed by atoms with E-state index in [1.54, 1.807) is 6.07 Å². The van der Waals surface area contributed by atoms with Crippen LogP contribution >= 0.6 is 15.9 Å². The second-order valence-electron chi connectivity index (χ2n) is 5.90. The number of halogens is 1. The van der Waals surface area contributed by atoms with E-state index in [1.807, 2.05) is 19.9 Å². The van der Waals surface area contributed by atoms with Crippen LogP contribution in [-0.2, 0) is 6.42 Å². The number of nitro groups is 1. The molecule has 1 aliphatic rings. The van der Waals surface area contributed by atoms with Gasteiger partial charge in [-0.05, 0) is 48.0 Å². The number of amides is 1. The van der Waals surface area contributed by atoms with Crippen LogP contribution in [0.15, 0.2) is 34.8 Å². The third-order valence-electron chi connectivity index (χ3n) is 3.95. The number of hydrogen-bond donors (Lipinski definition) is 1. The Labute approximate surface area is 158 Å². The molecule has 0 fully saturated rings. The molecule has 2 aromatic rings. The summed E-state index contributed by atoms with van der Waals surface area (Å²) in [6.45, 7) is 4.28. The number of nitro benzene ring substituents is 1. The Morgan fingerprint density at radius 3 is 2.88 bits per heavy atom. The molecule has 1 unspecified atom stereocenters. The van der Waals surface area contributed by atoms with E-state index in [9.17, 15) is 14.9 Å². The molecule has 0 saturated heterocycles. The van der Waals surface area contributed by atoms with E-state index in [-0.39, 0.29) is 17.4 Å². The lowest BCUT2D eigenvalue weighted by molar-refractivity contribution is -0.385. The summed E-state index contributed by atoms with van der Waals surface area (Å²) in [5.41, 5.74) is 1.50. The Balaban J connectivity index is 1.91. The Hall–Kier alpha value is -2.61. The summed E-state index contributed by atoms with van der Waals surface area (Å²) in [4.78, 5) is 23.1. The first-order valence-electron chi connectivity index (χ1n) is 8.10. The SMILES string of the molecule is CCOc1cc2c(cc1NC(=O)c1ccc(Br)c([N+](=O)[O-])c1)OC(C)C2. The van der Waals surface area contributed by atoms with Crippen molar-refractivity contribution >= 4 is 33.2 Å². The maximum absolute atomic E-state index is 12.6. The molecular weight excluding hydrogens is 404 g/mol. The largest absolute Gasteiger partial charge is 0.492 e. The predicted molar refractivity (Wildman–Crippen MR) is 100 cm³/mol. The maximum atomic E-state index is 12.6. The third kappa shape index (κ3) is 3.65. The van der Waals surface area contributed by atoms with E-state index in [0.717, 1.165) is 12.0 Å². The number of nitrogens with one attached hydrogen (secondary N) is 1. The van der Waals surface area contributed by atoms with Gasteiger partial charge in [0.25, 0.3) is 11.6 Å². The lowest BCUT2D eigenvalue weighted by Gasteiger charge is -2.13. The van der Waals surface area contributed by atoms with Crippen LogP contribution < -0.4 is 14.8 Å². The van der Waals surface area contributed by atoms with Gasteiger partial charge >= 0.3 is 0 Å². The van der Waals surface area contributed by atoms with E-state index in [0.29, 0.717) is 28.3 Å². The van der Waals surface area contributed by atoms with Crippen LogP contribution in [0.3, 0.4) is 0 Å². The molecule has 0 aromatic heterocycles. The number of nitrogens with zero attached hydrogens (tertiary/aromatic N) is 1. The fourth-order valence-corrected chi connectivity index (χ4v) is 3.19. The van der Waals surface area contributed by atoms with Gasteiger partial charge in [-0.2, -0.15) is 0 Å². The number of ether oxygens (including phenoxy) is 2. The van der Waals surface area contributed by atoms with Gasteiger partial charge in [-0.1, -0.05) is 0 Å². The zero-order chi connectivity index (χ0) is 18.8. The van der Waals surface area contributed by atoms with Crippen LogP contribution in [0.2, 0.25) is 0 Å². The molecule has 1 N–H and O–H groups in total. The van der Waals surface area contributed by atoms with Crippen molar-refractivity contribution in [3.63, 3.8) is 0 Å². The zero-order valence-corrected chi connectivity index (χ0v) is 15.8. The molecule has 1 atom stereocenters. The van der Waals surface area contributed by atoms with Gasteiger partial charge in [0.1, 0.15) is 17.6 Å². The first kappa shape index (κ1) is 18.2. The Bertz CT molecular complexity index is 884. The standard InChI is InChI=1S/C18H17BrN2O5/c1-3-25-17-8-12-6-10(2)26-16(12)9-14(17)20-18(22)11-4-5-13(19)15(7-11)21(23)24/h4-5,7-10H,3,6H2,1-2H3,(H,20,22). The van der Waals surface area contributed by atoms with Gasteiger partial charge in [-0.3, -0.25) is 14.9 Å². The monoisotopic (exact) mass is 420 g/mol. The minimum absolute atomic E-state index is 0.0690. The van der Waals surface area contributed by atoms with Crippen LogP contribution in [0.4, 0.5) is 11.4 Å². The Morgan fingerprint density at radius 1 is 1.42 bits per heavy atom. The quantitative estimate of drug-likeness (QED) is 0.573. The summed E-state index contributed by atoms with van der Waals surface area (Å²) in [6.07, 6.45) is 0.849. The minimum Gasteiger partial charge on any atom is -0.492 e. The van der Waals surface area contributed by atoms with E-state index in [1.165, 1.54) is 18.2 Å². The fraction of sp³-hybridized carbons (Fsp3) is 0.278. The average molecular weight is 421 g/mol. The van der Waals surface area contributed by atoms with Gasteiger partial charge in [0.15, 0.2) is 0 Å². The van der Waals surface area contributed by atoms with Crippen LogP contribution in [-0.4, -0.2) is 23.5 Å². The van der Waals surface area contributed by atoms with Gasteiger partial charge in [0.05, 0.1) is 21.7 Å². The van der Waals surface area contributed by atoms with Gasteiger partial charge in [0, 0.05) is 29.7 Å². The summed E-state index contributed by atoms with van der Waals surface area (Å²) in [6, 6.07) is 7.81. The van der Waals surface area contributed by atoms with Crippen LogP contribution in [0.25, 0.3) is 0 Å². The molecule has 1 aliphatic heterocycles. The second-order valence-corrected chi connectivity index (χ2v) is 6.75. The number of anilines is 1. The van der Waals surface area contributed by atoms with Crippen LogP contribution in [0.1, 0.15) is 29.8 Å². The van der Waals surface area contributed by atoms with Crippen molar-refractivity contribution in [2.24, 2.45) is 0 Å². The number of carbonyl (C=O) groups excluding carboxylic acids is 1. The highest BCUT2D eigenvalue weighted by atomic mass is 79.9. The van der Waals surface area contributed by atoms with Gasteiger partial charge in [-0.25, -0.2) is 0 Å². The minimum atomic E-state index is -0.545. The second kappa shape index (κ2) is 7.33. The van der Waals surface area contributed by atoms with Crippen LogP contribution in [0, 0.1) is 10.1 Å². The first-order chi connectivity index (χ1) is 12.4. The lowest BCUT2D eigenvalue weighted by atomic mass is 10.1.